The molecule has 0 radical (unpaired) electrons. The molecule has 4 aromatic carbocycles. The molecule has 0 unspecified atom stereocenters. The number of hydrogen-bond donors (Lipinski definition) is 0. The minimum Gasteiger partial charge on any atom is -0.497 e. The van der Waals surface area contributed by atoms with Crippen LogP contribution in [0.2, 0.25) is 0 Å². The average molecular weight is 427 g/mol. The van der Waals surface area contributed by atoms with Crippen LogP contribution in [0.3, 0.4) is 0 Å². The number of fused-ring (bicyclic) bond motifs is 1. The van der Waals surface area contributed by atoms with Crippen LogP contribution in [-0.4, -0.2) is 21.3 Å². The molecule has 32 heavy (non-hydrogen) atoms. The number of benzene rings is 4. The van der Waals surface area contributed by atoms with Gasteiger partial charge >= 0.3 is 0 Å². The summed E-state index contributed by atoms with van der Waals surface area (Å²) in [6, 6.07) is 27.9. The third-order valence-electron chi connectivity index (χ3n) is 5.89. The van der Waals surface area contributed by atoms with E-state index in [1.54, 1.807) is 21.3 Å². The van der Waals surface area contributed by atoms with E-state index in [1.165, 1.54) is 33.0 Å². The first kappa shape index (κ1) is 21.8. The smallest absolute Gasteiger partial charge is 0.122 e. The summed E-state index contributed by atoms with van der Waals surface area (Å²) in [4.78, 5) is 0. The summed E-state index contributed by atoms with van der Waals surface area (Å²) in [6.45, 7) is 0. The lowest BCUT2D eigenvalue weighted by molar-refractivity contribution is 0.393. The molecule has 0 bridgehead atoms. The Balaban J connectivity index is 1.47. The van der Waals surface area contributed by atoms with Gasteiger partial charge in [-0.25, -0.2) is 0 Å². The predicted molar refractivity (Wildman–Crippen MR) is 131 cm³/mol. The maximum Gasteiger partial charge on any atom is 0.122 e. The van der Waals surface area contributed by atoms with E-state index in [0.29, 0.717) is 0 Å². The van der Waals surface area contributed by atoms with Crippen molar-refractivity contribution in [2.24, 2.45) is 0 Å². The van der Waals surface area contributed by atoms with Crippen molar-refractivity contribution < 1.29 is 14.2 Å². The third kappa shape index (κ3) is 5.42. The zero-order chi connectivity index (χ0) is 22.3. The molecule has 0 aliphatic rings. The highest BCUT2D eigenvalue weighted by molar-refractivity contribution is 5.83. The van der Waals surface area contributed by atoms with E-state index < -0.39 is 0 Å². The second-order valence-electron chi connectivity index (χ2n) is 8.09. The van der Waals surface area contributed by atoms with Crippen molar-refractivity contribution in [2.75, 3.05) is 21.3 Å². The summed E-state index contributed by atoms with van der Waals surface area (Å²) in [5.41, 5.74) is 5.13. The van der Waals surface area contributed by atoms with Crippen LogP contribution in [0.25, 0.3) is 10.8 Å². The summed E-state index contributed by atoms with van der Waals surface area (Å²) in [5, 5.41) is 2.58. The summed E-state index contributed by atoms with van der Waals surface area (Å²) < 4.78 is 16.4. The molecule has 0 aliphatic carbocycles. The molecule has 0 aromatic heterocycles. The second-order valence-corrected chi connectivity index (χ2v) is 8.09. The maximum absolute atomic E-state index is 5.59. The zero-order valence-electron chi connectivity index (χ0n) is 19.1. The van der Waals surface area contributed by atoms with Gasteiger partial charge in [0.1, 0.15) is 17.2 Å². The van der Waals surface area contributed by atoms with Gasteiger partial charge in [0.15, 0.2) is 0 Å². The minimum absolute atomic E-state index is 0.820. The molecule has 3 nitrogen and oxygen atoms in total. The van der Waals surface area contributed by atoms with Gasteiger partial charge in [-0.3, -0.25) is 0 Å². The van der Waals surface area contributed by atoms with Crippen molar-refractivity contribution in [2.45, 2.75) is 25.7 Å². The second kappa shape index (κ2) is 10.2. The molecule has 3 heteroatoms. The van der Waals surface area contributed by atoms with Crippen molar-refractivity contribution in [1.29, 1.82) is 0 Å². The monoisotopic (exact) mass is 426 g/mol. The Morgan fingerprint density at radius 2 is 0.906 bits per heavy atom. The molecule has 0 spiro atoms. The Kier molecular flexibility index (Phi) is 6.96. The summed E-state index contributed by atoms with van der Waals surface area (Å²) in [5.74, 6) is 2.56. The molecule has 0 atom stereocenters. The van der Waals surface area contributed by atoms with E-state index >= 15 is 0 Å². The first-order chi connectivity index (χ1) is 15.7. The molecule has 0 amide bonds. The fourth-order valence-corrected chi connectivity index (χ4v) is 4.12. The lowest BCUT2D eigenvalue weighted by Gasteiger charge is -2.11. The average Bonchev–Trinajstić information content (AvgIpc) is 2.85. The van der Waals surface area contributed by atoms with Gasteiger partial charge in [0, 0.05) is 6.07 Å². The highest BCUT2D eigenvalue weighted by atomic mass is 16.5. The van der Waals surface area contributed by atoms with Crippen molar-refractivity contribution in [1.82, 2.24) is 0 Å². The first-order valence-corrected chi connectivity index (χ1v) is 11.0. The lowest BCUT2D eigenvalue weighted by atomic mass is 9.97. The molecule has 0 aliphatic heterocycles. The summed E-state index contributed by atoms with van der Waals surface area (Å²) in [6.07, 6.45) is 3.82. The quantitative estimate of drug-likeness (QED) is 0.308. The molecule has 0 saturated carbocycles. The van der Waals surface area contributed by atoms with Crippen LogP contribution < -0.4 is 14.2 Å². The lowest BCUT2D eigenvalue weighted by Crippen LogP contribution is -1.98. The Morgan fingerprint density at radius 1 is 0.438 bits per heavy atom. The summed E-state index contributed by atoms with van der Waals surface area (Å²) in [7, 11) is 5.10. The van der Waals surface area contributed by atoms with Gasteiger partial charge in [0.25, 0.3) is 0 Å². The molecule has 164 valence electrons. The largest absolute Gasteiger partial charge is 0.497 e. The molecule has 0 heterocycles. The standard InChI is InChI=1S/C29H30O3/c1-30-27-16-22(9-8-21-12-13-25-6-4-5-7-26(25)15-21)14-23(17-27)10-11-24-18-28(31-2)20-29(19-24)32-3/h4-7,12-20H,8-11H2,1-3H3. The molecule has 4 aromatic rings. The van der Waals surface area contributed by atoms with Crippen LogP contribution >= 0.6 is 0 Å². The van der Waals surface area contributed by atoms with Gasteiger partial charge in [-0.05, 0) is 83.0 Å². The minimum atomic E-state index is 0.820. The SMILES string of the molecule is COc1cc(CCc2cc(OC)cc(OC)c2)cc(CCc2ccc3ccccc3c2)c1. The Morgan fingerprint density at radius 3 is 1.47 bits per heavy atom. The topological polar surface area (TPSA) is 27.7 Å². The predicted octanol–water partition coefficient (Wildman–Crippen LogP) is 6.44. The molecule has 4 rings (SSSR count). The molecule has 0 N–H and O–H groups in total. The third-order valence-corrected chi connectivity index (χ3v) is 5.89. The van der Waals surface area contributed by atoms with Crippen LogP contribution in [0, 0.1) is 0 Å². The van der Waals surface area contributed by atoms with Crippen LogP contribution in [0.4, 0.5) is 0 Å². The summed E-state index contributed by atoms with van der Waals surface area (Å²) >= 11 is 0. The van der Waals surface area contributed by atoms with Crippen molar-refractivity contribution in [3.05, 3.63) is 101 Å². The number of hydrogen-bond acceptors (Lipinski definition) is 3. The number of methoxy groups -OCH3 is 3. The van der Waals surface area contributed by atoms with E-state index in [2.05, 4.69) is 72.8 Å². The number of aryl methyl sites for hydroxylation is 4. The normalized spacial score (nSPS) is 10.8. The van der Waals surface area contributed by atoms with E-state index in [0.717, 1.165) is 42.9 Å². The molecular formula is C29H30O3. The van der Waals surface area contributed by atoms with Crippen LogP contribution in [0.5, 0.6) is 17.2 Å². The van der Waals surface area contributed by atoms with Crippen molar-refractivity contribution in [3.8, 4) is 17.2 Å². The van der Waals surface area contributed by atoms with Gasteiger partial charge in [-0.2, -0.15) is 0 Å². The zero-order valence-corrected chi connectivity index (χ0v) is 19.1. The molecular weight excluding hydrogens is 396 g/mol. The van der Waals surface area contributed by atoms with Gasteiger partial charge in [-0.15, -0.1) is 0 Å². The fourth-order valence-electron chi connectivity index (χ4n) is 4.12. The van der Waals surface area contributed by atoms with Gasteiger partial charge < -0.3 is 14.2 Å². The van der Waals surface area contributed by atoms with Crippen LogP contribution in [0.15, 0.2) is 78.9 Å². The van der Waals surface area contributed by atoms with Crippen molar-refractivity contribution in [3.63, 3.8) is 0 Å². The highest BCUT2D eigenvalue weighted by Crippen LogP contribution is 2.25. The number of rotatable bonds is 9. The highest BCUT2D eigenvalue weighted by Gasteiger charge is 2.06. The van der Waals surface area contributed by atoms with E-state index in [9.17, 15) is 0 Å². The van der Waals surface area contributed by atoms with E-state index in [-0.39, 0.29) is 0 Å². The van der Waals surface area contributed by atoms with Crippen molar-refractivity contribution >= 4 is 10.8 Å². The molecule has 0 saturated heterocycles. The Bertz CT molecular complexity index is 1170. The van der Waals surface area contributed by atoms with E-state index in [4.69, 9.17) is 14.2 Å². The van der Waals surface area contributed by atoms with E-state index in [1.807, 2.05) is 6.07 Å². The van der Waals surface area contributed by atoms with Gasteiger partial charge in [0.2, 0.25) is 0 Å². The van der Waals surface area contributed by atoms with Gasteiger partial charge in [-0.1, -0.05) is 48.5 Å². The number of ether oxygens (including phenoxy) is 3. The van der Waals surface area contributed by atoms with Crippen LogP contribution in [-0.2, 0) is 25.7 Å². The molecule has 0 fully saturated rings. The fraction of sp³-hybridized carbons (Fsp3) is 0.241. The van der Waals surface area contributed by atoms with Crippen LogP contribution in [0.1, 0.15) is 22.3 Å². The Labute approximate surface area is 190 Å². The maximum atomic E-state index is 5.59. The van der Waals surface area contributed by atoms with Gasteiger partial charge in [0.05, 0.1) is 21.3 Å². The Hall–Kier alpha value is -3.46. The first-order valence-electron chi connectivity index (χ1n) is 11.0.